The summed E-state index contributed by atoms with van der Waals surface area (Å²) in [5.41, 5.74) is 11.5. The lowest BCUT2D eigenvalue weighted by Gasteiger charge is -2.31. The number of pyridine rings is 2. The average Bonchev–Trinajstić information content (AvgIpc) is 3.22. The van der Waals surface area contributed by atoms with Crippen LogP contribution in [-0.2, 0) is 4.74 Å². The largest absolute Gasteiger partial charge is 0.459 e. The van der Waals surface area contributed by atoms with E-state index in [0.29, 0.717) is 18.4 Å². The number of esters is 1. The van der Waals surface area contributed by atoms with Gasteiger partial charge in [0, 0.05) is 28.9 Å². The van der Waals surface area contributed by atoms with Crippen molar-refractivity contribution in [2.45, 2.75) is 31.9 Å². The summed E-state index contributed by atoms with van der Waals surface area (Å²) in [5.74, 6) is -0.361. The van der Waals surface area contributed by atoms with E-state index in [9.17, 15) is 4.79 Å². The van der Waals surface area contributed by atoms with Crippen LogP contribution < -0.4 is 5.73 Å². The molecule has 7 heteroatoms. The summed E-state index contributed by atoms with van der Waals surface area (Å²) in [5, 5.41) is 8.13. The first-order valence-electron chi connectivity index (χ1n) is 9.91. The van der Waals surface area contributed by atoms with Gasteiger partial charge in [-0.1, -0.05) is 12.1 Å². The molecule has 1 aliphatic rings. The molecule has 0 aliphatic heterocycles. The highest BCUT2D eigenvalue weighted by Crippen LogP contribution is 2.31. The van der Waals surface area contributed by atoms with Gasteiger partial charge in [0.1, 0.15) is 6.10 Å². The number of hydrogen-bond donors (Lipinski definition) is 2. The van der Waals surface area contributed by atoms with Gasteiger partial charge in [0.25, 0.3) is 0 Å². The molecule has 1 saturated carbocycles. The molecule has 5 rings (SSSR count). The molecule has 150 valence electrons. The van der Waals surface area contributed by atoms with Crippen LogP contribution in [0, 0.1) is 6.92 Å². The Kier molecular flexibility index (Phi) is 4.52. The van der Waals surface area contributed by atoms with Gasteiger partial charge in [-0.2, -0.15) is 5.10 Å². The zero-order chi connectivity index (χ0) is 20.7. The molecule has 0 atom stereocenters. The van der Waals surface area contributed by atoms with Gasteiger partial charge in [-0.25, -0.2) is 4.79 Å². The Morgan fingerprint density at radius 1 is 1.17 bits per heavy atom. The Bertz CT molecular complexity index is 1240. The number of ether oxygens (including phenoxy) is 1. The standard InChI is InChI=1S/C23H21N5O2/c1-13-3-2-4-21(27-13)22-19(12-26-28-22)14-5-6-20-15(7-14)8-16(11-25-20)23(29)30-18-9-17(24)10-18/h2-8,11-12,17-18H,9-10,24H2,1H3,(H,26,28). The number of aromatic nitrogens is 4. The number of carbonyl (C=O) groups is 1. The van der Waals surface area contributed by atoms with Gasteiger partial charge >= 0.3 is 5.97 Å². The van der Waals surface area contributed by atoms with E-state index >= 15 is 0 Å². The SMILES string of the molecule is Cc1cccc(-c2[nH]ncc2-c2ccc3ncc(C(=O)OC4CC(N)C4)cc3c2)n1. The fraction of sp³-hybridized carbons (Fsp3) is 0.217. The van der Waals surface area contributed by atoms with Crippen LogP contribution in [0.2, 0.25) is 0 Å². The van der Waals surface area contributed by atoms with Crippen molar-refractivity contribution in [1.82, 2.24) is 20.2 Å². The lowest BCUT2D eigenvalue weighted by molar-refractivity contribution is 0.00321. The molecule has 30 heavy (non-hydrogen) atoms. The quantitative estimate of drug-likeness (QED) is 0.508. The molecule has 0 unspecified atom stereocenters. The van der Waals surface area contributed by atoms with Gasteiger partial charge in [0.05, 0.1) is 28.7 Å². The molecule has 3 aromatic heterocycles. The average molecular weight is 399 g/mol. The fourth-order valence-corrected chi connectivity index (χ4v) is 3.72. The van der Waals surface area contributed by atoms with Crippen molar-refractivity contribution < 1.29 is 9.53 Å². The molecule has 0 bridgehead atoms. The maximum absolute atomic E-state index is 12.5. The molecule has 0 spiro atoms. The van der Waals surface area contributed by atoms with Crippen molar-refractivity contribution in [1.29, 1.82) is 0 Å². The van der Waals surface area contributed by atoms with Crippen LogP contribution in [0.15, 0.2) is 54.9 Å². The van der Waals surface area contributed by atoms with Crippen LogP contribution in [-0.4, -0.2) is 38.3 Å². The summed E-state index contributed by atoms with van der Waals surface area (Å²) in [4.78, 5) is 21.5. The summed E-state index contributed by atoms with van der Waals surface area (Å²) < 4.78 is 5.50. The van der Waals surface area contributed by atoms with E-state index in [-0.39, 0.29) is 18.1 Å². The Labute approximate surface area is 173 Å². The number of benzene rings is 1. The van der Waals surface area contributed by atoms with Crippen LogP contribution in [0.5, 0.6) is 0 Å². The lowest BCUT2D eigenvalue weighted by Crippen LogP contribution is -2.42. The zero-order valence-corrected chi connectivity index (χ0v) is 16.5. The van der Waals surface area contributed by atoms with Crippen LogP contribution >= 0.6 is 0 Å². The van der Waals surface area contributed by atoms with Crippen LogP contribution in [0.3, 0.4) is 0 Å². The first-order chi connectivity index (χ1) is 14.6. The fourth-order valence-electron chi connectivity index (χ4n) is 3.72. The maximum atomic E-state index is 12.5. The third kappa shape index (κ3) is 3.44. The van der Waals surface area contributed by atoms with Crippen molar-refractivity contribution in [2.24, 2.45) is 5.73 Å². The van der Waals surface area contributed by atoms with Crippen molar-refractivity contribution in [3.05, 3.63) is 66.1 Å². The summed E-state index contributed by atoms with van der Waals surface area (Å²) in [6.07, 6.45) is 4.68. The predicted molar refractivity (Wildman–Crippen MR) is 114 cm³/mol. The highest BCUT2D eigenvalue weighted by molar-refractivity contribution is 5.95. The third-order valence-electron chi connectivity index (χ3n) is 5.42. The Hall–Kier alpha value is -3.58. The molecular weight excluding hydrogens is 378 g/mol. The molecule has 0 saturated heterocycles. The number of nitrogens with one attached hydrogen (secondary N) is 1. The predicted octanol–water partition coefficient (Wildman–Crippen LogP) is 3.64. The monoisotopic (exact) mass is 399 g/mol. The van der Waals surface area contributed by atoms with Crippen molar-refractivity contribution >= 4 is 16.9 Å². The Balaban J connectivity index is 1.48. The van der Waals surface area contributed by atoms with E-state index in [0.717, 1.165) is 39.1 Å². The molecule has 3 heterocycles. The van der Waals surface area contributed by atoms with Crippen molar-refractivity contribution in [3.63, 3.8) is 0 Å². The first-order valence-corrected chi connectivity index (χ1v) is 9.91. The Morgan fingerprint density at radius 3 is 2.83 bits per heavy atom. The second kappa shape index (κ2) is 7.35. The first kappa shape index (κ1) is 18.4. The molecule has 1 aliphatic carbocycles. The lowest BCUT2D eigenvalue weighted by atomic mass is 9.90. The summed E-state index contributed by atoms with van der Waals surface area (Å²) in [7, 11) is 0. The molecule has 3 N–H and O–H groups in total. The summed E-state index contributed by atoms with van der Waals surface area (Å²) >= 11 is 0. The number of aromatic amines is 1. The molecule has 1 fully saturated rings. The summed E-state index contributed by atoms with van der Waals surface area (Å²) in [6, 6.07) is 13.8. The number of nitrogens with zero attached hydrogens (tertiary/aromatic N) is 3. The van der Waals surface area contributed by atoms with Gasteiger partial charge in [-0.05, 0) is 55.7 Å². The van der Waals surface area contributed by atoms with Gasteiger partial charge < -0.3 is 10.5 Å². The van der Waals surface area contributed by atoms with Crippen LogP contribution in [0.1, 0.15) is 28.9 Å². The zero-order valence-electron chi connectivity index (χ0n) is 16.5. The van der Waals surface area contributed by atoms with E-state index in [4.69, 9.17) is 10.5 Å². The number of H-pyrrole nitrogens is 1. The van der Waals surface area contributed by atoms with Gasteiger partial charge in [0.2, 0.25) is 0 Å². The Morgan fingerprint density at radius 2 is 2.03 bits per heavy atom. The molecule has 0 amide bonds. The number of aryl methyl sites for hydroxylation is 1. The van der Waals surface area contributed by atoms with E-state index in [1.807, 2.05) is 49.4 Å². The normalized spacial score (nSPS) is 18.2. The minimum atomic E-state index is -0.361. The number of carbonyl (C=O) groups excluding carboxylic acids is 1. The van der Waals surface area contributed by atoms with Crippen LogP contribution in [0.25, 0.3) is 33.4 Å². The van der Waals surface area contributed by atoms with E-state index < -0.39 is 0 Å². The van der Waals surface area contributed by atoms with Crippen molar-refractivity contribution in [3.8, 4) is 22.5 Å². The minimum absolute atomic E-state index is 0.0927. The number of rotatable bonds is 4. The third-order valence-corrected chi connectivity index (χ3v) is 5.42. The topological polar surface area (TPSA) is 107 Å². The summed E-state index contributed by atoms with van der Waals surface area (Å²) in [6.45, 7) is 1.96. The van der Waals surface area contributed by atoms with Gasteiger partial charge in [0.15, 0.2) is 0 Å². The molecule has 0 radical (unpaired) electrons. The maximum Gasteiger partial charge on any atom is 0.339 e. The second-order valence-corrected chi connectivity index (χ2v) is 7.71. The number of hydrogen-bond acceptors (Lipinski definition) is 6. The van der Waals surface area contributed by atoms with Crippen molar-refractivity contribution in [2.75, 3.05) is 0 Å². The number of nitrogens with two attached hydrogens (primary N) is 1. The van der Waals surface area contributed by atoms with Gasteiger partial charge in [-0.15, -0.1) is 0 Å². The number of fused-ring (bicyclic) bond motifs is 1. The molecule has 4 aromatic rings. The molecule has 1 aromatic carbocycles. The highest BCUT2D eigenvalue weighted by Gasteiger charge is 2.29. The smallest absolute Gasteiger partial charge is 0.339 e. The second-order valence-electron chi connectivity index (χ2n) is 7.71. The highest BCUT2D eigenvalue weighted by atomic mass is 16.5. The van der Waals surface area contributed by atoms with E-state index in [2.05, 4.69) is 20.2 Å². The minimum Gasteiger partial charge on any atom is -0.459 e. The van der Waals surface area contributed by atoms with E-state index in [1.54, 1.807) is 12.4 Å². The van der Waals surface area contributed by atoms with Crippen LogP contribution in [0.4, 0.5) is 0 Å². The molecule has 7 nitrogen and oxygen atoms in total. The molecular formula is C23H21N5O2. The van der Waals surface area contributed by atoms with E-state index in [1.165, 1.54) is 0 Å². The van der Waals surface area contributed by atoms with Gasteiger partial charge in [-0.3, -0.25) is 15.1 Å².